The van der Waals surface area contributed by atoms with Crippen LogP contribution in [-0.4, -0.2) is 33.4 Å². The molecule has 1 aliphatic heterocycles. The second-order valence-corrected chi connectivity index (χ2v) is 6.59. The van der Waals surface area contributed by atoms with Crippen LogP contribution in [-0.2, 0) is 6.54 Å². The summed E-state index contributed by atoms with van der Waals surface area (Å²) in [6.45, 7) is 4.59. The standard InChI is InChI=1S/C16H21ClN4O/c1-11-4-5-20(14(6-11)8-18)10-13-7-16(22)21-9-12(17)2-3-15(21)19-13/h2-3,7,9,11,14H,4-6,8,10,18H2,1H3. The zero-order valence-electron chi connectivity index (χ0n) is 12.7. The summed E-state index contributed by atoms with van der Waals surface area (Å²) in [7, 11) is 0. The molecule has 118 valence electrons. The maximum absolute atomic E-state index is 12.2. The summed E-state index contributed by atoms with van der Waals surface area (Å²) < 4.78 is 1.48. The highest BCUT2D eigenvalue weighted by Crippen LogP contribution is 2.23. The Bertz CT molecular complexity index is 730. The van der Waals surface area contributed by atoms with E-state index in [0.29, 0.717) is 35.7 Å². The molecule has 2 aromatic rings. The first-order valence-corrected chi connectivity index (χ1v) is 8.06. The molecule has 1 saturated heterocycles. The summed E-state index contributed by atoms with van der Waals surface area (Å²) in [6.07, 6.45) is 3.87. The molecule has 0 aromatic carbocycles. The van der Waals surface area contributed by atoms with Crippen molar-refractivity contribution < 1.29 is 0 Å². The van der Waals surface area contributed by atoms with E-state index in [9.17, 15) is 4.79 Å². The molecule has 0 amide bonds. The van der Waals surface area contributed by atoms with Crippen LogP contribution in [0.25, 0.3) is 5.65 Å². The number of likely N-dealkylation sites (tertiary alicyclic amines) is 1. The SMILES string of the molecule is CC1CCN(Cc2cc(=O)n3cc(Cl)ccc3n2)C(CN)C1. The third-order valence-electron chi connectivity index (χ3n) is 4.41. The summed E-state index contributed by atoms with van der Waals surface area (Å²) in [5, 5.41) is 0.525. The van der Waals surface area contributed by atoms with E-state index in [0.717, 1.165) is 18.7 Å². The van der Waals surface area contributed by atoms with Crippen molar-refractivity contribution >= 4 is 17.2 Å². The summed E-state index contributed by atoms with van der Waals surface area (Å²) in [5.74, 6) is 0.710. The average molecular weight is 321 g/mol. The molecule has 1 fully saturated rings. The minimum Gasteiger partial charge on any atom is -0.329 e. The van der Waals surface area contributed by atoms with Gasteiger partial charge in [0.05, 0.1) is 10.7 Å². The fourth-order valence-corrected chi connectivity index (χ4v) is 3.33. The van der Waals surface area contributed by atoms with Gasteiger partial charge in [-0.2, -0.15) is 0 Å². The van der Waals surface area contributed by atoms with Crippen LogP contribution in [0.3, 0.4) is 0 Å². The van der Waals surface area contributed by atoms with Crippen molar-refractivity contribution in [1.29, 1.82) is 0 Å². The predicted octanol–water partition coefficient (Wildman–Crippen LogP) is 1.91. The number of nitrogens with zero attached hydrogens (tertiary/aromatic N) is 3. The Balaban J connectivity index is 1.87. The first-order chi connectivity index (χ1) is 10.6. The molecular weight excluding hydrogens is 300 g/mol. The topological polar surface area (TPSA) is 63.6 Å². The number of hydrogen-bond donors (Lipinski definition) is 1. The Hall–Kier alpha value is -1.43. The first kappa shape index (κ1) is 15.5. The maximum Gasteiger partial charge on any atom is 0.258 e. The van der Waals surface area contributed by atoms with Gasteiger partial charge in [0.25, 0.3) is 5.56 Å². The molecule has 0 aliphatic carbocycles. The van der Waals surface area contributed by atoms with E-state index in [4.69, 9.17) is 17.3 Å². The fourth-order valence-electron chi connectivity index (χ4n) is 3.17. The van der Waals surface area contributed by atoms with Crippen LogP contribution in [0, 0.1) is 5.92 Å². The van der Waals surface area contributed by atoms with Gasteiger partial charge in [0.2, 0.25) is 0 Å². The van der Waals surface area contributed by atoms with Crippen molar-refractivity contribution in [3.8, 4) is 0 Å². The molecule has 0 saturated carbocycles. The van der Waals surface area contributed by atoms with E-state index in [-0.39, 0.29) is 5.56 Å². The predicted molar refractivity (Wildman–Crippen MR) is 88.1 cm³/mol. The minimum absolute atomic E-state index is 0.0998. The van der Waals surface area contributed by atoms with Crippen LogP contribution in [0.2, 0.25) is 5.02 Å². The van der Waals surface area contributed by atoms with Crippen LogP contribution in [0.5, 0.6) is 0 Å². The van der Waals surface area contributed by atoms with Crippen molar-refractivity contribution in [1.82, 2.24) is 14.3 Å². The molecule has 5 nitrogen and oxygen atoms in total. The quantitative estimate of drug-likeness (QED) is 0.938. The van der Waals surface area contributed by atoms with E-state index in [1.807, 2.05) is 0 Å². The lowest BCUT2D eigenvalue weighted by Gasteiger charge is -2.37. The van der Waals surface area contributed by atoms with Gasteiger partial charge >= 0.3 is 0 Å². The van der Waals surface area contributed by atoms with Crippen molar-refractivity contribution in [2.45, 2.75) is 32.4 Å². The monoisotopic (exact) mass is 320 g/mol. The minimum atomic E-state index is -0.0998. The first-order valence-electron chi connectivity index (χ1n) is 7.69. The number of piperidine rings is 1. The van der Waals surface area contributed by atoms with Gasteiger partial charge in [0.15, 0.2) is 0 Å². The summed E-state index contributed by atoms with van der Waals surface area (Å²) in [5.41, 5.74) is 7.22. The molecule has 6 heteroatoms. The molecule has 0 bridgehead atoms. The van der Waals surface area contributed by atoms with Crippen LogP contribution < -0.4 is 11.3 Å². The third-order valence-corrected chi connectivity index (χ3v) is 4.64. The van der Waals surface area contributed by atoms with Gasteiger partial charge in [-0.3, -0.25) is 14.1 Å². The summed E-state index contributed by atoms with van der Waals surface area (Å²) in [4.78, 5) is 19.1. The molecule has 2 aromatic heterocycles. The molecule has 2 atom stereocenters. The molecular formula is C16H21ClN4O. The van der Waals surface area contributed by atoms with Crippen LogP contribution in [0.4, 0.5) is 0 Å². The van der Waals surface area contributed by atoms with Gasteiger partial charge in [-0.25, -0.2) is 4.98 Å². The van der Waals surface area contributed by atoms with Gasteiger partial charge < -0.3 is 5.73 Å². The van der Waals surface area contributed by atoms with Gasteiger partial charge in [-0.1, -0.05) is 18.5 Å². The average Bonchev–Trinajstić information content (AvgIpc) is 2.50. The number of pyridine rings is 1. The smallest absolute Gasteiger partial charge is 0.258 e. The van der Waals surface area contributed by atoms with Crippen LogP contribution in [0.1, 0.15) is 25.5 Å². The lowest BCUT2D eigenvalue weighted by Crippen LogP contribution is -2.45. The fraction of sp³-hybridized carbons (Fsp3) is 0.500. The Morgan fingerprint density at radius 3 is 3.05 bits per heavy atom. The molecule has 0 spiro atoms. The van der Waals surface area contributed by atoms with Gasteiger partial charge in [0.1, 0.15) is 5.65 Å². The number of aromatic nitrogens is 2. The highest BCUT2D eigenvalue weighted by atomic mass is 35.5. The molecule has 2 unspecified atom stereocenters. The molecule has 3 heterocycles. The normalized spacial score (nSPS) is 23.0. The molecule has 0 radical (unpaired) electrons. The van der Waals surface area contributed by atoms with Crippen molar-refractivity contribution in [2.75, 3.05) is 13.1 Å². The van der Waals surface area contributed by atoms with Crippen molar-refractivity contribution in [3.63, 3.8) is 0 Å². The zero-order chi connectivity index (χ0) is 15.7. The Kier molecular flexibility index (Phi) is 4.47. The van der Waals surface area contributed by atoms with E-state index in [1.165, 1.54) is 10.8 Å². The molecule has 1 aliphatic rings. The van der Waals surface area contributed by atoms with Crippen LogP contribution in [0.15, 0.2) is 29.2 Å². The number of rotatable bonds is 3. The molecule has 3 rings (SSSR count). The molecule has 2 N–H and O–H groups in total. The van der Waals surface area contributed by atoms with E-state index in [2.05, 4.69) is 16.8 Å². The number of nitrogens with two attached hydrogens (primary N) is 1. The number of fused-ring (bicyclic) bond motifs is 1. The Morgan fingerprint density at radius 2 is 2.27 bits per heavy atom. The third kappa shape index (κ3) is 3.16. The maximum atomic E-state index is 12.2. The van der Waals surface area contributed by atoms with Gasteiger partial charge in [0, 0.05) is 31.4 Å². The highest BCUT2D eigenvalue weighted by molar-refractivity contribution is 6.30. The summed E-state index contributed by atoms with van der Waals surface area (Å²) in [6, 6.07) is 5.48. The zero-order valence-corrected chi connectivity index (χ0v) is 13.5. The van der Waals surface area contributed by atoms with Gasteiger partial charge in [-0.15, -0.1) is 0 Å². The number of hydrogen-bond acceptors (Lipinski definition) is 4. The second kappa shape index (κ2) is 6.36. The lowest BCUT2D eigenvalue weighted by atomic mass is 9.92. The van der Waals surface area contributed by atoms with Crippen molar-refractivity contribution in [3.05, 3.63) is 45.5 Å². The van der Waals surface area contributed by atoms with E-state index >= 15 is 0 Å². The Morgan fingerprint density at radius 1 is 1.45 bits per heavy atom. The highest BCUT2D eigenvalue weighted by Gasteiger charge is 2.25. The van der Waals surface area contributed by atoms with Crippen molar-refractivity contribution in [2.24, 2.45) is 11.7 Å². The van der Waals surface area contributed by atoms with Crippen LogP contribution >= 0.6 is 11.6 Å². The van der Waals surface area contributed by atoms with Gasteiger partial charge in [-0.05, 0) is 37.4 Å². The van der Waals surface area contributed by atoms with E-state index < -0.39 is 0 Å². The number of halogens is 1. The Labute approximate surface area is 134 Å². The van der Waals surface area contributed by atoms with E-state index in [1.54, 1.807) is 24.4 Å². The second-order valence-electron chi connectivity index (χ2n) is 6.15. The summed E-state index contributed by atoms with van der Waals surface area (Å²) >= 11 is 5.93. The largest absolute Gasteiger partial charge is 0.329 e. The molecule has 22 heavy (non-hydrogen) atoms. The lowest BCUT2D eigenvalue weighted by molar-refractivity contribution is 0.114.